The smallest absolute Gasteiger partial charge is 0.240 e. The summed E-state index contributed by atoms with van der Waals surface area (Å²) in [6, 6.07) is 10.5. The highest BCUT2D eigenvalue weighted by molar-refractivity contribution is 7.89. The van der Waals surface area contributed by atoms with Crippen LogP contribution in [0.2, 0.25) is 5.02 Å². The van der Waals surface area contributed by atoms with E-state index in [-0.39, 0.29) is 22.5 Å². The van der Waals surface area contributed by atoms with Gasteiger partial charge in [-0.1, -0.05) is 23.7 Å². The molecule has 1 atom stereocenters. The van der Waals surface area contributed by atoms with Gasteiger partial charge in [0.05, 0.1) is 17.0 Å². The lowest BCUT2D eigenvalue weighted by Gasteiger charge is -2.25. The Kier molecular flexibility index (Phi) is 6.40. The number of ether oxygens (including phenoxy) is 1. The molecule has 0 aliphatic heterocycles. The number of rotatable bonds is 7. The fourth-order valence-electron chi connectivity index (χ4n) is 2.36. The maximum atomic E-state index is 13.2. The van der Waals surface area contributed by atoms with Crippen LogP contribution in [-0.4, -0.2) is 41.1 Å². The molecule has 5 nitrogen and oxygen atoms in total. The third kappa shape index (κ3) is 4.92. The summed E-state index contributed by atoms with van der Waals surface area (Å²) >= 11 is 5.67. The second-order valence-electron chi connectivity index (χ2n) is 5.68. The molecule has 0 fully saturated rings. The Labute approximate surface area is 152 Å². The lowest BCUT2D eigenvalue weighted by atomic mass is 10.1. The van der Waals surface area contributed by atoms with E-state index in [1.54, 1.807) is 7.11 Å². The summed E-state index contributed by atoms with van der Waals surface area (Å²) in [5.74, 6) is 0.0284. The summed E-state index contributed by atoms with van der Waals surface area (Å²) in [4.78, 5) is 1.82. The summed E-state index contributed by atoms with van der Waals surface area (Å²) in [5, 5.41) is -0.236. The van der Waals surface area contributed by atoms with Gasteiger partial charge >= 0.3 is 0 Å². The molecule has 25 heavy (non-hydrogen) atoms. The molecule has 0 aliphatic rings. The first-order chi connectivity index (χ1) is 11.7. The highest BCUT2D eigenvalue weighted by Gasteiger charge is 2.21. The highest BCUT2D eigenvalue weighted by atomic mass is 35.5. The number of sulfonamides is 1. The number of halogens is 2. The molecule has 2 aromatic carbocycles. The molecule has 0 aromatic heterocycles. The van der Waals surface area contributed by atoms with Gasteiger partial charge in [0.1, 0.15) is 11.6 Å². The van der Waals surface area contributed by atoms with E-state index >= 15 is 0 Å². The Bertz CT molecular complexity index is 844. The SMILES string of the molecule is COc1cccc(C(CNS(=O)(=O)c2ccc(F)c(Cl)c2)N(C)C)c1. The molecule has 1 unspecified atom stereocenters. The number of nitrogens with one attached hydrogen (secondary N) is 1. The molecule has 2 rings (SSSR count). The van der Waals surface area contributed by atoms with E-state index in [1.807, 2.05) is 43.3 Å². The van der Waals surface area contributed by atoms with Crippen molar-refractivity contribution < 1.29 is 17.5 Å². The number of likely N-dealkylation sites (N-methyl/N-ethyl adjacent to an activating group) is 1. The largest absolute Gasteiger partial charge is 0.497 e. The Morgan fingerprint density at radius 1 is 1.24 bits per heavy atom. The fourth-order valence-corrected chi connectivity index (χ4v) is 3.67. The predicted octanol–water partition coefficient (Wildman–Crippen LogP) is 3.07. The van der Waals surface area contributed by atoms with Gasteiger partial charge in [0.15, 0.2) is 0 Å². The molecular weight excluding hydrogens is 367 g/mol. The van der Waals surface area contributed by atoms with Gasteiger partial charge in [-0.25, -0.2) is 17.5 Å². The van der Waals surface area contributed by atoms with Crippen LogP contribution in [0.25, 0.3) is 0 Å². The van der Waals surface area contributed by atoms with Crippen LogP contribution in [0.3, 0.4) is 0 Å². The number of methoxy groups -OCH3 is 1. The van der Waals surface area contributed by atoms with Crippen LogP contribution in [0.1, 0.15) is 11.6 Å². The van der Waals surface area contributed by atoms with Gasteiger partial charge in [0, 0.05) is 12.6 Å². The van der Waals surface area contributed by atoms with E-state index in [1.165, 1.54) is 6.07 Å². The molecule has 0 bridgehead atoms. The topological polar surface area (TPSA) is 58.6 Å². The average molecular weight is 387 g/mol. The van der Waals surface area contributed by atoms with E-state index < -0.39 is 15.8 Å². The van der Waals surface area contributed by atoms with Gasteiger partial charge in [0.25, 0.3) is 0 Å². The molecule has 136 valence electrons. The van der Waals surface area contributed by atoms with Gasteiger partial charge < -0.3 is 9.64 Å². The molecule has 0 radical (unpaired) electrons. The first kappa shape index (κ1) is 19.7. The lowest BCUT2D eigenvalue weighted by molar-refractivity contribution is 0.298. The highest BCUT2D eigenvalue weighted by Crippen LogP contribution is 2.23. The van der Waals surface area contributed by atoms with Crippen molar-refractivity contribution in [2.24, 2.45) is 0 Å². The first-order valence-corrected chi connectivity index (χ1v) is 9.36. The lowest BCUT2D eigenvalue weighted by Crippen LogP contribution is -2.34. The van der Waals surface area contributed by atoms with Crippen LogP contribution in [0, 0.1) is 5.82 Å². The van der Waals surface area contributed by atoms with E-state index in [9.17, 15) is 12.8 Å². The van der Waals surface area contributed by atoms with E-state index in [4.69, 9.17) is 16.3 Å². The fraction of sp³-hybridized carbons (Fsp3) is 0.294. The summed E-state index contributed by atoms with van der Waals surface area (Å²) in [6.45, 7) is 0.136. The number of hydrogen-bond donors (Lipinski definition) is 1. The van der Waals surface area contributed by atoms with Crippen molar-refractivity contribution in [1.29, 1.82) is 0 Å². The van der Waals surface area contributed by atoms with Crippen molar-refractivity contribution in [2.75, 3.05) is 27.7 Å². The first-order valence-electron chi connectivity index (χ1n) is 7.49. The van der Waals surface area contributed by atoms with Crippen molar-refractivity contribution in [2.45, 2.75) is 10.9 Å². The third-order valence-electron chi connectivity index (χ3n) is 3.77. The molecule has 8 heteroatoms. The maximum absolute atomic E-state index is 13.2. The Morgan fingerprint density at radius 3 is 2.56 bits per heavy atom. The van der Waals surface area contributed by atoms with Gasteiger partial charge in [-0.3, -0.25) is 0 Å². The minimum Gasteiger partial charge on any atom is -0.497 e. The van der Waals surface area contributed by atoms with Crippen molar-refractivity contribution in [3.8, 4) is 5.75 Å². The molecular formula is C17H20ClFN2O3S. The molecule has 0 spiro atoms. The van der Waals surface area contributed by atoms with Crippen LogP contribution in [0.15, 0.2) is 47.4 Å². The maximum Gasteiger partial charge on any atom is 0.240 e. The molecule has 2 aromatic rings. The van der Waals surface area contributed by atoms with Gasteiger partial charge in [-0.2, -0.15) is 0 Å². The van der Waals surface area contributed by atoms with Crippen molar-refractivity contribution in [3.63, 3.8) is 0 Å². The second kappa shape index (κ2) is 8.14. The Balaban J connectivity index is 2.21. The number of benzene rings is 2. The normalized spacial score (nSPS) is 13.0. The second-order valence-corrected chi connectivity index (χ2v) is 7.86. The molecule has 0 heterocycles. The van der Waals surface area contributed by atoms with Gasteiger partial charge in [-0.05, 0) is 50.0 Å². The summed E-state index contributed by atoms with van der Waals surface area (Å²) in [5.41, 5.74) is 0.907. The zero-order valence-corrected chi connectivity index (χ0v) is 15.7. The van der Waals surface area contributed by atoms with E-state index in [0.717, 1.165) is 17.7 Å². The van der Waals surface area contributed by atoms with E-state index in [0.29, 0.717) is 5.75 Å². The molecule has 0 aliphatic carbocycles. The van der Waals surface area contributed by atoms with Gasteiger partial charge in [-0.15, -0.1) is 0 Å². The van der Waals surface area contributed by atoms with Gasteiger partial charge in [0.2, 0.25) is 10.0 Å². The van der Waals surface area contributed by atoms with Crippen molar-refractivity contribution >= 4 is 21.6 Å². The minimum absolute atomic E-state index is 0.0814. The van der Waals surface area contributed by atoms with Crippen molar-refractivity contribution in [3.05, 3.63) is 58.9 Å². The minimum atomic E-state index is -3.81. The number of nitrogens with zero attached hydrogens (tertiary/aromatic N) is 1. The summed E-state index contributed by atoms with van der Waals surface area (Å²) in [7, 11) is 1.47. The quantitative estimate of drug-likeness (QED) is 0.794. The summed E-state index contributed by atoms with van der Waals surface area (Å²) in [6.07, 6.45) is 0. The van der Waals surface area contributed by atoms with Crippen LogP contribution in [-0.2, 0) is 10.0 Å². The van der Waals surface area contributed by atoms with E-state index in [2.05, 4.69) is 4.72 Å². The van der Waals surface area contributed by atoms with Crippen LogP contribution in [0.4, 0.5) is 4.39 Å². The molecule has 1 N–H and O–H groups in total. The standard InChI is InChI=1S/C17H20ClFN2O3S/c1-21(2)17(12-5-4-6-13(9-12)24-3)11-20-25(22,23)14-7-8-16(19)15(18)10-14/h4-10,17,20H,11H2,1-3H3. The zero-order chi connectivity index (χ0) is 18.6. The Hall–Kier alpha value is -1.67. The van der Waals surface area contributed by atoms with Crippen LogP contribution in [0.5, 0.6) is 5.75 Å². The molecule has 0 saturated carbocycles. The van der Waals surface area contributed by atoms with Crippen LogP contribution < -0.4 is 9.46 Å². The monoisotopic (exact) mass is 386 g/mol. The predicted molar refractivity (Wildman–Crippen MR) is 96.0 cm³/mol. The molecule has 0 amide bonds. The van der Waals surface area contributed by atoms with Crippen molar-refractivity contribution in [1.82, 2.24) is 9.62 Å². The zero-order valence-electron chi connectivity index (χ0n) is 14.2. The third-order valence-corrected chi connectivity index (χ3v) is 5.48. The average Bonchev–Trinajstić information content (AvgIpc) is 2.57. The summed E-state index contributed by atoms with van der Waals surface area (Å²) < 4.78 is 45.9. The Morgan fingerprint density at radius 2 is 1.96 bits per heavy atom. The van der Waals surface area contributed by atoms with Crippen LogP contribution >= 0.6 is 11.6 Å². The molecule has 0 saturated heterocycles. The number of hydrogen-bond acceptors (Lipinski definition) is 4.